The van der Waals surface area contributed by atoms with Gasteiger partial charge in [0.2, 0.25) is 0 Å². The Morgan fingerprint density at radius 3 is 2.58 bits per heavy atom. The number of amides is 2. The van der Waals surface area contributed by atoms with Gasteiger partial charge in [-0.25, -0.2) is 4.79 Å². The molecule has 1 fully saturated rings. The maximum Gasteiger partial charge on any atom is 0.404 e. The Morgan fingerprint density at radius 1 is 1.08 bits per heavy atom. The fourth-order valence-electron chi connectivity index (χ4n) is 3.14. The summed E-state index contributed by atoms with van der Waals surface area (Å²) in [5.41, 5.74) is 1.52. The molecule has 26 heavy (non-hydrogen) atoms. The third-order valence-corrected chi connectivity index (χ3v) is 4.48. The highest BCUT2D eigenvalue weighted by molar-refractivity contribution is 6.07. The zero-order valence-corrected chi connectivity index (χ0v) is 14.6. The minimum Gasteiger partial charge on any atom is -0.465 e. The van der Waals surface area contributed by atoms with E-state index in [1.165, 1.54) is 0 Å². The van der Waals surface area contributed by atoms with E-state index in [0.29, 0.717) is 18.7 Å². The van der Waals surface area contributed by atoms with E-state index in [9.17, 15) is 9.59 Å². The monoisotopic (exact) mass is 360 g/mol. The quantitative estimate of drug-likeness (QED) is 0.684. The maximum atomic E-state index is 12.6. The second kappa shape index (κ2) is 8.68. The first-order chi connectivity index (χ1) is 12.6. The van der Waals surface area contributed by atoms with Crippen molar-refractivity contribution in [2.24, 2.45) is 0 Å². The van der Waals surface area contributed by atoms with Crippen LogP contribution in [0.5, 0.6) is 0 Å². The molecule has 8 heteroatoms. The maximum absolute atomic E-state index is 12.6. The van der Waals surface area contributed by atoms with Crippen molar-refractivity contribution in [2.75, 3.05) is 45.9 Å². The van der Waals surface area contributed by atoms with Crippen molar-refractivity contribution in [2.45, 2.75) is 6.54 Å². The van der Waals surface area contributed by atoms with Gasteiger partial charge in [0, 0.05) is 56.4 Å². The lowest BCUT2D eigenvalue weighted by atomic mass is 10.1. The van der Waals surface area contributed by atoms with Crippen LogP contribution in [-0.4, -0.2) is 72.5 Å². The largest absolute Gasteiger partial charge is 0.465 e. The van der Waals surface area contributed by atoms with Crippen molar-refractivity contribution in [3.63, 3.8) is 0 Å². The number of nitrogens with one attached hydrogen (secondary N) is 2. The molecule has 2 aromatic rings. The molecule has 0 aliphatic carbocycles. The molecule has 0 bridgehead atoms. The topological polar surface area (TPSA) is 95.8 Å². The second-order valence-corrected chi connectivity index (χ2v) is 6.20. The van der Waals surface area contributed by atoms with Gasteiger partial charge in [-0.15, -0.1) is 0 Å². The number of para-hydroxylation sites is 1. The Hall–Kier alpha value is -2.58. The molecular formula is C18H24N4O4. The first-order valence-corrected chi connectivity index (χ1v) is 8.78. The minimum atomic E-state index is -1.05. The highest BCUT2D eigenvalue weighted by Gasteiger charge is 2.15. The third-order valence-electron chi connectivity index (χ3n) is 4.48. The molecular weight excluding hydrogens is 336 g/mol. The SMILES string of the molecule is O=C(O)NCCn1cc(C(=O)NCCN2CCOCC2)c2ccccc21. The smallest absolute Gasteiger partial charge is 0.404 e. The Kier molecular flexibility index (Phi) is 6.08. The molecule has 8 nitrogen and oxygen atoms in total. The van der Waals surface area contributed by atoms with Gasteiger partial charge in [0.25, 0.3) is 5.91 Å². The summed E-state index contributed by atoms with van der Waals surface area (Å²) in [7, 11) is 0. The lowest BCUT2D eigenvalue weighted by molar-refractivity contribution is 0.0383. The van der Waals surface area contributed by atoms with Crippen LogP contribution in [0.4, 0.5) is 4.79 Å². The van der Waals surface area contributed by atoms with E-state index in [1.807, 2.05) is 28.8 Å². The lowest BCUT2D eigenvalue weighted by Gasteiger charge is -2.26. The molecule has 1 aliphatic rings. The van der Waals surface area contributed by atoms with Crippen LogP contribution in [-0.2, 0) is 11.3 Å². The van der Waals surface area contributed by atoms with Crippen LogP contribution in [0, 0.1) is 0 Å². The summed E-state index contributed by atoms with van der Waals surface area (Å²) in [6, 6.07) is 7.64. The summed E-state index contributed by atoms with van der Waals surface area (Å²) in [5, 5.41) is 14.9. The minimum absolute atomic E-state index is 0.112. The van der Waals surface area contributed by atoms with Gasteiger partial charge in [0.15, 0.2) is 0 Å². The van der Waals surface area contributed by atoms with Gasteiger partial charge in [-0.3, -0.25) is 9.69 Å². The van der Waals surface area contributed by atoms with Crippen molar-refractivity contribution in [3.8, 4) is 0 Å². The van der Waals surface area contributed by atoms with Crippen molar-refractivity contribution >= 4 is 22.9 Å². The number of rotatable bonds is 7. The van der Waals surface area contributed by atoms with Gasteiger partial charge < -0.3 is 25.0 Å². The molecule has 0 atom stereocenters. The van der Waals surface area contributed by atoms with Crippen LogP contribution in [0.3, 0.4) is 0 Å². The summed E-state index contributed by atoms with van der Waals surface area (Å²) >= 11 is 0. The third kappa shape index (κ3) is 4.53. The van der Waals surface area contributed by atoms with E-state index in [4.69, 9.17) is 9.84 Å². The number of morpholine rings is 1. The number of aromatic nitrogens is 1. The van der Waals surface area contributed by atoms with E-state index < -0.39 is 6.09 Å². The molecule has 2 heterocycles. The molecule has 1 aliphatic heterocycles. The molecule has 1 aromatic carbocycles. The van der Waals surface area contributed by atoms with Crippen LogP contribution >= 0.6 is 0 Å². The van der Waals surface area contributed by atoms with Gasteiger partial charge in [-0.1, -0.05) is 18.2 Å². The Balaban J connectivity index is 1.64. The lowest BCUT2D eigenvalue weighted by Crippen LogP contribution is -2.41. The number of benzene rings is 1. The van der Waals surface area contributed by atoms with Crippen LogP contribution in [0.25, 0.3) is 10.9 Å². The number of hydrogen-bond acceptors (Lipinski definition) is 4. The second-order valence-electron chi connectivity index (χ2n) is 6.20. The molecule has 3 N–H and O–H groups in total. The molecule has 1 aromatic heterocycles. The zero-order valence-electron chi connectivity index (χ0n) is 14.6. The van der Waals surface area contributed by atoms with Gasteiger partial charge >= 0.3 is 6.09 Å². The first kappa shape index (κ1) is 18.2. The number of nitrogens with zero attached hydrogens (tertiary/aromatic N) is 2. The number of carboxylic acid groups (broad SMARTS) is 1. The summed E-state index contributed by atoms with van der Waals surface area (Å²) in [6.07, 6.45) is 0.737. The van der Waals surface area contributed by atoms with E-state index in [0.717, 1.165) is 43.8 Å². The van der Waals surface area contributed by atoms with E-state index >= 15 is 0 Å². The summed E-state index contributed by atoms with van der Waals surface area (Å²) in [6.45, 7) is 5.41. The van der Waals surface area contributed by atoms with E-state index in [2.05, 4.69) is 15.5 Å². The Labute approximate surface area is 151 Å². The van der Waals surface area contributed by atoms with Gasteiger partial charge in [0.1, 0.15) is 0 Å². The number of fused-ring (bicyclic) bond motifs is 1. The number of carbonyl (C=O) groups excluding carboxylic acids is 1. The van der Waals surface area contributed by atoms with Crippen molar-refractivity contribution in [1.82, 2.24) is 20.1 Å². The molecule has 140 valence electrons. The van der Waals surface area contributed by atoms with Crippen LogP contribution in [0.1, 0.15) is 10.4 Å². The molecule has 3 rings (SSSR count). The summed E-state index contributed by atoms with van der Waals surface area (Å²) < 4.78 is 7.23. The molecule has 0 radical (unpaired) electrons. The fourth-order valence-corrected chi connectivity index (χ4v) is 3.14. The number of hydrogen-bond donors (Lipinski definition) is 3. The first-order valence-electron chi connectivity index (χ1n) is 8.78. The number of ether oxygens (including phenoxy) is 1. The van der Waals surface area contributed by atoms with E-state index in [-0.39, 0.29) is 12.5 Å². The summed E-state index contributed by atoms with van der Waals surface area (Å²) in [4.78, 5) is 25.5. The van der Waals surface area contributed by atoms with Gasteiger partial charge in [-0.2, -0.15) is 0 Å². The average molecular weight is 360 g/mol. The molecule has 0 spiro atoms. The predicted octanol–water partition coefficient (Wildman–Crippen LogP) is 0.971. The highest BCUT2D eigenvalue weighted by atomic mass is 16.5. The van der Waals surface area contributed by atoms with Crippen LogP contribution in [0.15, 0.2) is 30.5 Å². The van der Waals surface area contributed by atoms with Gasteiger partial charge in [-0.05, 0) is 6.07 Å². The highest BCUT2D eigenvalue weighted by Crippen LogP contribution is 2.21. The normalized spacial score (nSPS) is 15.1. The van der Waals surface area contributed by atoms with Crippen LogP contribution in [0.2, 0.25) is 0 Å². The van der Waals surface area contributed by atoms with Crippen molar-refractivity contribution < 1.29 is 19.4 Å². The van der Waals surface area contributed by atoms with Crippen molar-refractivity contribution in [3.05, 3.63) is 36.0 Å². The fraction of sp³-hybridized carbons (Fsp3) is 0.444. The van der Waals surface area contributed by atoms with Crippen LogP contribution < -0.4 is 10.6 Å². The van der Waals surface area contributed by atoms with Crippen molar-refractivity contribution in [1.29, 1.82) is 0 Å². The molecule has 0 unspecified atom stereocenters. The Morgan fingerprint density at radius 2 is 1.81 bits per heavy atom. The molecule has 1 saturated heterocycles. The number of carbonyl (C=O) groups is 2. The average Bonchev–Trinajstić information content (AvgIpc) is 3.01. The standard InChI is InChI=1S/C18H24N4O4/c23-17(19-5-7-21-9-11-26-12-10-21)15-13-22(8-6-20-18(24)25)16-4-2-1-3-14(15)16/h1-4,13,20H,5-12H2,(H,19,23)(H,24,25). The molecule has 0 saturated carbocycles. The summed E-state index contributed by atoms with van der Waals surface area (Å²) in [5.74, 6) is -0.112. The van der Waals surface area contributed by atoms with E-state index in [1.54, 1.807) is 6.20 Å². The van der Waals surface area contributed by atoms with Gasteiger partial charge in [0.05, 0.1) is 18.8 Å². The zero-order chi connectivity index (χ0) is 18.4. The molecule has 2 amide bonds. The Bertz CT molecular complexity index is 768. The predicted molar refractivity (Wildman–Crippen MR) is 97.6 cm³/mol.